The van der Waals surface area contributed by atoms with Crippen LogP contribution in [0.2, 0.25) is 0 Å². The molecule has 0 unspecified atom stereocenters. The van der Waals surface area contributed by atoms with Crippen LogP contribution in [-0.2, 0) is 0 Å². The monoisotopic (exact) mass is 265 g/mol. The number of benzene rings is 1. The van der Waals surface area contributed by atoms with E-state index in [2.05, 4.69) is 53.9 Å². The van der Waals surface area contributed by atoms with Crippen molar-refractivity contribution < 1.29 is 0 Å². The van der Waals surface area contributed by atoms with Crippen molar-refractivity contribution in [2.24, 2.45) is 0 Å². The summed E-state index contributed by atoms with van der Waals surface area (Å²) in [5.74, 6) is 1.50. The van der Waals surface area contributed by atoms with E-state index < -0.39 is 0 Å². The molecule has 1 nitrogen and oxygen atoms in total. The number of nitrogens with two attached hydrogens (primary N) is 1. The average Bonchev–Trinajstić information content (AvgIpc) is 2.26. The Kier molecular flexibility index (Phi) is 5.15. The van der Waals surface area contributed by atoms with Crippen molar-refractivity contribution in [2.45, 2.75) is 64.2 Å². The highest BCUT2D eigenvalue weighted by atomic mass is 32.2. The molecular formula is C16H27NS. The molecule has 102 valence electrons. The van der Waals surface area contributed by atoms with E-state index in [9.17, 15) is 0 Å². The molecule has 1 aromatic carbocycles. The van der Waals surface area contributed by atoms with Crippen LogP contribution in [0.1, 0.15) is 76.0 Å². The maximum atomic E-state index is 6.42. The van der Waals surface area contributed by atoms with Crippen molar-refractivity contribution in [1.29, 1.82) is 0 Å². The summed E-state index contributed by atoms with van der Waals surface area (Å²) in [4.78, 5) is 1.39. The summed E-state index contributed by atoms with van der Waals surface area (Å²) in [5, 5.41) is 0. The van der Waals surface area contributed by atoms with Crippen LogP contribution in [0, 0.1) is 0 Å². The van der Waals surface area contributed by atoms with E-state index in [0.717, 1.165) is 5.69 Å². The highest BCUT2D eigenvalue weighted by molar-refractivity contribution is 7.98. The van der Waals surface area contributed by atoms with Gasteiger partial charge in [-0.15, -0.1) is 11.8 Å². The number of hydrogen-bond donors (Lipinski definition) is 1. The van der Waals surface area contributed by atoms with E-state index >= 15 is 0 Å². The predicted molar refractivity (Wildman–Crippen MR) is 84.9 cm³/mol. The third-order valence-corrected chi connectivity index (χ3v) is 4.31. The van der Waals surface area contributed by atoms with Crippen LogP contribution in [-0.4, -0.2) is 6.26 Å². The number of anilines is 1. The van der Waals surface area contributed by atoms with Crippen LogP contribution in [0.3, 0.4) is 0 Å². The van der Waals surface area contributed by atoms with Gasteiger partial charge in [-0.3, -0.25) is 0 Å². The normalized spacial score (nSPS) is 11.9. The van der Waals surface area contributed by atoms with Crippen molar-refractivity contribution in [3.05, 3.63) is 22.8 Å². The van der Waals surface area contributed by atoms with Crippen LogP contribution in [0.15, 0.2) is 11.0 Å². The second-order valence-electron chi connectivity index (χ2n) is 5.88. The van der Waals surface area contributed by atoms with Crippen molar-refractivity contribution >= 4 is 17.4 Å². The van der Waals surface area contributed by atoms with Crippen LogP contribution < -0.4 is 5.73 Å². The van der Waals surface area contributed by atoms with E-state index in [-0.39, 0.29) is 0 Å². The van der Waals surface area contributed by atoms with Gasteiger partial charge in [-0.1, -0.05) is 47.6 Å². The van der Waals surface area contributed by atoms with Crippen LogP contribution in [0.25, 0.3) is 0 Å². The molecule has 0 heterocycles. The van der Waals surface area contributed by atoms with Crippen molar-refractivity contribution in [3.8, 4) is 0 Å². The second kappa shape index (κ2) is 6.01. The predicted octanol–water partition coefficient (Wildman–Crippen LogP) is 5.36. The van der Waals surface area contributed by atoms with Crippen molar-refractivity contribution in [2.75, 3.05) is 12.0 Å². The molecule has 0 spiro atoms. The summed E-state index contributed by atoms with van der Waals surface area (Å²) in [6, 6.07) is 2.32. The van der Waals surface area contributed by atoms with Gasteiger partial charge in [-0.2, -0.15) is 0 Å². The first-order valence-electron chi connectivity index (χ1n) is 6.81. The smallest absolute Gasteiger partial charge is 0.0395 e. The van der Waals surface area contributed by atoms with Gasteiger partial charge in [0.2, 0.25) is 0 Å². The van der Waals surface area contributed by atoms with Crippen LogP contribution >= 0.6 is 11.8 Å². The number of rotatable bonds is 4. The van der Waals surface area contributed by atoms with Gasteiger partial charge in [0.1, 0.15) is 0 Å². The lowest BCUT2D eigenvalue weighted by molar-refractivity contribution is 0.777. The molecule has 0 radical (unpaired) electrons. The molecule has 2 heteroatoms. The minimum absolute atomic E-state index is 0.476. The molecule has 0 atom stereocenters. The third-order valence-electron chi connectivity index (χ3n) is 3.44. The molecular weight excluding hydrogens is 238 g/mol. The van der Waals surface area contributed by atoms with Gasteiger partial charge in [0, 0.05) is 10.6 Å². The summed E-state index contributed by atoms with van der Waals surface area (Å²) in [6.45, 7) is 13.4. The Balaban J connectivity index is 3.64. The average molecular weight is 265 g/mol. The van der Waals surface area contributed by atoms with Gasteiger partial charge < -0.3 is 5.73 Å². The summed E-state index contributed by atoms with van der Waals surface area (Å²) in [7, 11) is 0. The molecule has 0 fully saturated rings. The topological polar surface area (TPSA) is 26.0 Å². The fourth-order valence-corrected chi connectivity index (χ4v) is 3.55. The highest BCUT2D eigenvalue weighted by Gasteiger charge is 2.20. The molecule has 0 aliphatic carbocycles. The summed E-state index contributed by atoms with van der Waals surface area (Å²) in [6.07, 6.45) is 2.15. The van der Waals surface area contributed by atoms with Crippen molar-refractivity contribution in [1.82, 2.24) is 0 Å². The maximum absolute atomic E-state index is 6.42. The maximum Gasteiger partial charge on any atom is 0.0395 e. The third kappa shape index (κ3) is 2.85. The lowest BCUT2D eigenvalue weighted by Crippen LogP contribution is -2.08. The number of nitrogen functional groups attached to an aromatic ring is 1. The Bertz CT molecular complexity index is 420. The fourth-order valence-electron chi connectivity index (χ4n) is 2.45. The first kappa shape index (κ1) is 15.4. The Morgan fingerprint density at radius 2 is 1.39 bits per heavy atom. The standard InChI is InChI=1S/C16H27NS/c1-9(2)12-8-13(10(3)4)16(18-7)14(11(5)6)15(12)17/h8-11H,17H2,1-7H3. The van der Waals surface area contributed by atoms with Crippen LogP contribution in [0.5, 0.6) is 0 Å². The van der Waals surface area contributed by atoms with Gasteiger partial charge >= 0.3 is 0 Å². The zero-order chi connectivity index (χ0) is 14.0. The van der Waals surface area contributed by atoms with E-state index in [1.165, 1.54) is 21.6 Å². The molecule has 18 heavy (non-hydrogen) atoms. The molecule has 1 aromatic rings. The second-order valence-corrected chi connectivity index (χ2v) is 6.70. The minimum Gasteiger partial charge on any atom is -0.398 e. The molecule has 0 bridgehead atoms. The minimum atomic E-state index is 0.476. The molecule has 0 amide bonds. The summed E-state index contributed by atoms with van der Waals surface area (Å²) >= 11 is 1.83. The zero-order valence-electron chi connectivity index (χ0n) is 12.8. The lowest BCUT2D eigenvalue weighted by atomic mass is 9.87. The van der Waals surface area contributed by atoms with Gasteiger partial charge in [0.15, 0.2) is 0 Å². The fraction of sp³-hybridized carbons (Fsp3) is 0.625. The van der Waals surface area contributed by atoms with Crippen LogP contribution in [0.4, 0.5) is 5.69 Å². The Morgan fingerprint density at radius 1 is 0.889 bits per heavy atom. The quantitative estimate of drug-likeness (QED) is 0.585. The van der Waals surface area contributed by atoms with Gasteiger partial charge in [0.05, 0.1) is 0 Å². The zero-order valence-corrected chi connectivity index (χ0v) is 13.6. The molecule has 0 saturated carbocycles. The molecule has 1 rings (SSSR count). The SMILES string of the molecule is CSc1c(C(C)C)cc(C(C)C)c(N)c1C(C)C. The van der Waals surface area contributed by atoms with Gasteiger partial charge in [-0.05, 0) is 40.7 Å². The highest BCUT2D eigenvalue weighted by Crippen LogP contribution is 2.41. The van der Waals surface area contributed by atoms with E-state index in [1.807, 2.05) is 11.8 Å². The number of thioether (sulfide) groups is 1. The van der Waals surface area contributed by atoms with E-state index in [0.29, 0.717) is 17.8 Å². The van der Waals surface area contributed by atoms with E-state index in [4.69, 9.17) is 5.73 Å². The number of hydrogen-bond acceptors (Lipinski definition) is 2. The molecule has 0 saturated heterocycles. The molecule has 0 aliphatic heterocycles. The molecule has 2 N–H and O–H groups in total. The largest absolute Gasteiger partial charge is 0.398 e. The summed E-state index contributed by atoms with van der Waals surface area (Å²) in [5.41, 5.74) is 11.5. The van der Waals surface area contributed by atoms with E-state index in [1.54, 1.807) is 0 Å². The Morgan fingerprint density at radius 3 is 1.72 bits per heavy atom. The van der Waals surface area contributed by atoms with Gasteiger partial charge in [-0.25, -0.2) is 0 Å². The molecule has 0 aromatic heterocycles. The summed E-state index contributed by atoms with van der Waals surface area (Å²) < 4.78 is 0. The van der Waals surface area contributed by atoms with Crippen molar-refractivity contribution in [3.63, 3.8) is 0 Å². The first-order chi connectivity index (χ1) is 8.31. The molecule has 0 aliphatic rings. The van der Waals surface area contributed by atoms with Gasteiger partial charge in [0.25, 0.3) is 0 Å². The first-order valence-corrected chi connectivity index (χ1v) is 8.03. The Labute approximate surface area is 117 Å². The lowest BCUT2D eigenvalue weighted by Gasteiger charge is -2.24. The Hall–Kier alpha value is -0.630.